The van der Waals surface area contributed by atoms with Crippen molar-refractivity contribution in [2.24, 2.45) is 0 Å². The van der Waals surface area contributed by atoms with Crippen molar-refractivity contribution in [3.05, 3.63) is 20.3 Å². The molecule has 0 amide bonds. The van der Waals surface area contributed by atoms with Crippen LogP contribution in [0.25, 0.3) is 0 Å². The molecule has 0 aromatic carbocycles. The number of rotatable bonds is 3. The van der Waals surface area contributed by atoms with Crippen molar-refractivity contribution in [2.75, 3.05) is 6.26 Å². The molecule has 2 atom stereocenters. The van der Waals surface area contributed by atoms with Crippen LogP contribution in [0.1, 0.15) is 21.5 Å². The number of hydrogen-bond acceptors (Lipinski definition) is 3. The second kappa shape index (κ2) is 4.85. The second-order valence-corrected chi connectivity index (χ2v) is 9.04. The summed E-state index contributed by atoms with van der Waals surface area (Å²) in [6.07, 6.45) is 1.26. The Hall–Kier alpha value is 0.610. The predicted molar refractivity (Wildman–Crippen MR) is 72.7 cm³/mol. The molecule has 86 valence electrons. The van der Waals surface area contributed by atoms with Crippen LogP contribution in [0.3, 0.4) is 0 Å². The SMILES string of the molecule is Cc1cc(Br)c(C(Br)C(C)S(C)(=O)=O)s1. The van der Waals surface area contributed by atoms with Gasteiger partial charge in [-0.3, -0.25) is 0 Å². The fourth-order valence-electron chi connectivity index (χ4n) is 1.12. The minimum atomic E-state index is -3.02. The molecule has 0 bridgehead atoms. The summed E-state index contributed by atoms with van der Waals surface area (Å²) in [4.78, 5) is 2.05. The monoisotopic (exact) mass is 374 g/mol. The van der Waals surface area contributed by atoms with Crippen LogP contribution >= 0.6 is 43.2 Å². The fraction of sp³-hybridized carbons (Fsp3) is 0.556. The van der Waals surface area contributed by atoms with E-state index in [2.05, 4.69) is 31.9 Å². The number of hydrogen-bond donors (Lipinski definition) is 0. The molecule has 0 radical (unpaired) electrons. The molecule has 0 aliphatic heterocycles. The van der Waals surface area contributed by atoms with Gasteiger partial charge in [-0.2, -0.15) is 0 Å². The molecule has 0 aliphatic carbocycles. The summed E-state index contributed by atoms with van der Waals surface area (Å²) in [6, 6.07) is 2.00. The van der Waals surface area contributed by atoms with E-state index in [1.807, 2.05) is 13.0 Å². The van der Waals surface area contributed by atoms with Gasteiger partial charge in [0.15, 0.2) is 9.84 Å². The van der Waals surface area contributed by atoms with E-state index in [1.165, 1.54) is 11.1 Å². The van der Waals surface area contributed by atoms with Crippen LogP contribution in [0.4, 0.5) is 0 Å². The quantitative estimate of drug-likeness (QED) is 0.755. The summed E-state index contributed by atoms with van der Waals surface area (Å²) in [5.74, 6) is 0. The molecule has 0 spiro atoms. The standard InChI is InChI=1S/C9H12Br2O2S2/c1-5-4-7(10)9(14-5)8(11)6(2)15(3,12)13/h4,6,8H,1-3H3. The van der Waals surface area contributed by atoms with Gasteiger partial charge < -0.3 is 0 Å². The molecule has 0 saturated carbocycles. The third kappa shape index (κ3) is 3.28. The molecule has 2 nitrogen and oxygen atoms in total. The lowest BCUT2D eigenvalue weighted by atomic mass is 10.3. The molecule has 0 N–H and O–H groups in total. The lowest BCUT2D eigenvalue weighted by Gasteiger charge is -2.15. The minimum Gasteiger partial charge on any atom is -0.229 e. The van der Waals surface area contributed by atoms with Gasteiger partial charge in [-0.05, 0) is 35.8 Å². The lowest BCUT2D eigenvalue weighted by Crippen LogP contribution is -2.20. The summed E-state index contributed by atoms with van der Waals surface area (Å²) >= 11 is 8.50. The molecule has 1 aromatic rings. The van der Waals surface area contributed by atoms with E-state index < -0.39 is 15.1 Å². The highest BCUT2D eigenvalue weighted by molar-refractivity contribution is 9.11. The highest BCUT2D eigenvalue weighted by Gasteiger charge is 2.27. The maximum atomic E-state index is 11.4. The Balaban J connectivity index is 3.05. The van der Waals surface area contributed by atoms with Gasteiger partial charge in [0.1, 0.15) is 0 Å². The average Bonchev–Trinajstić information content (AvgIpc) is 2.41. The maximum Gasteiger partial charge on any atom is 0.151 e. The molecule has 0 saturated heterocycles. The molecule has 6 heteroatoms. The molecule has 0 aliphatic rings. The van der Waals surface area contributed by atoms with Crippen molar-refractivity contribution in [1.29, 1.82) is 0 Å². The third-order valence-electron chi connectivity index (χ3n) is 2.17. The number of alkyl halides is 1. The fourth-order valence-corrected chi connectivity index (χ4v) is 5.77. The predicted octanol–water partition coefficient (Wildman–Crippen LogP) is 3.69. The number of thiophene rings is 1. The molecular formula is C9H12Br2O2S2. The first-order chi connectivity index (χ1) is 6.73. The van der Waals surface area contributed by atoms with Crippen LogP contribution in [-0.4, -0.2) is 19.9 Å². The second-order valence-electron chi connectivity index (χ2n) is 3.51. The Morgan fingerprint density at radius 3 is 2.33 bits per heavy atom. The van der Waals surface area contributed by atoms with Gasteiger partial charge >= 0.3 is 0 Å². The highest BCUT2D eigenvalue weighted by Crippen LogP contribution is 2.40. The van der Waals surface area contributed by atoms with Gasteiger partial charge in [0.2, 0.25) is 0 Å². The Bertz CT molecular complexity index is 451. The first-order valence-corrected chi connectivity index (χ1v) is 8.80. The smallest absolute Gasteiger partial charge is 0.151 e. The zero-order chi connectivity index (χ0) is 11.8. The van der Waals surface area contributed by atoms with E-state index in [1.54, 1.807) is 18.3 Å². The summed E-state index contributed by atoms with van der Waals surface area (Å²) in [5.41, 5.74) is 0. The van der Waals surface area contributed by atoms with Crippen LogP contribution in [0.15, 0.2) is 10.5 Å². The van der Waals surface area contributed by atoms with Gasteiger partial charge in [0.25, 0.3) is 0 Å². The van der Waals surface area contributed by atoms with Gasteiger partial charge in [-0.25, -0.2) is 8.42 Å². The van der Waals surface area contributed by atoms with Gasteiger partial charge in [0, 0.05) is 20.5 Å². The van der Waals surface area contributed by atoms with Crippen molar-refractivity contribution in [1.82, 2.24) is 0 Å². The zero-order valence-corrected chi connectivity index (χ0v) is 13.4. The van der Waals surface area contributed by atoms with Crippen LogP contribution in [-0.2, 0) is 9.84 Å². The van der Waals surface area contributed by atoms with Gasteiger partial charge in [-0.15, -0.1) is 11.3 Å². The van der Waals surface area contributed by atoms with E-state index in [0.29, 0.717) is 0 Å². The first-order valence-electron chi connectivity index (χ1n) is 4.32. The van der Waals surface area contributed by atoms with Gasteiger partial charge in [0.05, 0.1) is 10.1 Å². The van der Waals surface area contributed by atoms with E-state index in [0.717, 1.165) is 9.35 Å². The first kappa shape index (κ1) is 13.7. The van der Waals surface area contributed by atoms with Crippen molar-refractivity contribution in [3.63, 3.8) is 0 Å². The van der Waals surface area contributed by atoms with Crippen LogP contribution in [0.5, 0.6) is 0 Å². The Morgan fingerprint density at radius 2 is 2.00 bits per heavy atom. The Labute approximate surface area is 111 Å². The van der Waals surface area contributed by atoms with E-state index in [-0.39, 0.29) is 4.83 Å². The van der Waals surface area contributed by atoms with Crippen molar-refractivity contribution < 1.29 is 8.42 Å². The number of halogens is 2. The summed E-state index contributed by atoms with van der Waals surface area (Å²) in [6.45, 7) is 3.72. The molecule has 15 heavy (non-hydrogen) atoms. The zero-order valence-electron chi connectivity index (χ0n) is 8.62. The number of aryl methyl sites for hydroxylation is 1. The van der Waals surface area contributed by atoms with Gasteiger partial charge in [-0.1, -0.05) is 15.9 Å². The van der Waals surface area contributed by atoms with E-state index in [9.17, 15) is 8.42 Å². The Kier molecular flexibility index (Phi) is 4.43. The molecule has 1 heterocycles. The lowest BCUT2D eigenvalue weighted by molar-refractivity contribution is 0.588. The Morgan fingerprint density at radius 1 is 1.47 bits per heavy atom. The topological polar surface area (TPSA) is 34.1 Å². The molecule has 2 unspecified atom stereocenters. The molecule has 1 rings (SSSR count). The van der Waals surface area contributed by atoms with E-state index >= 15 is 0 Å². The minimum absolute atomic E-state index is 0.152. The van der Waals surface area contributed by atoms with Crippen LogP contribution in [0.2, 0.25) is 0 Å². The van der Waals surface area contributed by atoms with E-state index in [4.69, 9.17) is 0 Å². The molecular weight excluding hydrogens is 364 g/mol. The maximum absolute atomic E-state index is 11.4. The van der Waals surface area contributed by atoms with Crippen LogP contribution in [0, 0.1) is 6.92 Å². The average molecular weight is 376 g/mol. The molecule has 0 fully saturated rings. The third-order valence-corrected chi connectivity index (χ3v) is 7.75. The largest absolute Gasteiger partial charge is 0.229 e. The highest BCUT2D eigenvalue weighted by atomic mass is 79.9. The van der Waals surface area contributed by atoms with Crippen molar-refractivity contribution in [3.8, 4) is 0 Å². The summed E-state index contributed by atoms with van der Waals surface area (Å²) in [7, 11) is -3.02. The number of sulfone groups is 1. The van der Waals surface area contributed by atoms with Crippen molar-refractivity contribution in [2.45, 2.75) is 23.9 Å². The normalized spacial score (nSPS) is 16.3. The van der Waals surface area contributed by atoms with Crippen LogP contribution < -0.4 is 0 Å². The van der Waals surface area contributed by atoms with Crippen molar-refractivity contribution >= 4 is 53.0 Å². The summed E-state index contributed by atoms with van der Waals surface area (Å²) < 4.78 is 23.8. The summed E-state index contributed by atoms with van der Waals surface area (Å²) in [5, 5.41) is -0.424. The molecule has 1 aromatic heterocycles.